The van der Waals surface area contributed by atoms with Gasteiger partial charge in [-0.05, 0) is 42.0 Å². The Morgan fingerprint density at radius 1 is 0.939 bits per heavy atom. The number of ether oxygens (including phenoxy) is 1. The van der Waals surface area contributed by atoms with Gasteiger partial charge in [0.15, 0.2) is 6.61 Å². The molecule has 3 aromatic rings. The summed E-state index contributed by atoms with van der Waals surface area (Å²) in [7, 11) is 0. The highest BCUT2D eigenvalue weighted by molar-refractivity contribution is 6.42. The average Bonchev–Trinajstić information content (AvgIpc) is 2.79. The molecule has 0 aliphatic heterocycles. The summed E-state index contributed by atoms with van der Waals surface area (Å²) < 4.78 is 44.5. The fourth-order valence-electron chi connectivity index (χ4n) is 2.65. The highest BCUT2D eigenvalue weighted by Crippen LogP contribution is 2.32. The Balaban J connectivity index is 1.84. The van der Waals surface area contributed by atoms with Crippen LogP contribution in [-0.4, -0.2) is 24.7 Å². The van der Waals surface area contributed by atoms with Gasteiger partial charge in [0.05, 0.1) is 33.1 Å². The number of benzene rings is 3. The first kappa shape index (κ1) is 24.3. The topological polar surface area (TPSA) is 59.0 Å². The van der Waals surface area contributed by atoms with E-state index in [1.54, 1.807) is 30.3 Å². The summed E-state index contributed by atoms with van der Waals surface area (Å²) in [6.45, 7) is -0.776. The largest absolute Gasteiger partial charge is 0.452 e. The van der Waals surface area contributed by atoms with Gasteiger partial charge in [0.2, 0.25) is 0 Å². The molecule has 0 saturated heterocycles. The minimum Gasteiger partial charge on any atom is -0.452 e. The van der Waals surface area contributed by atoms with Gasteiger partial charge in [-0.25, -0.2) is 4.79 Å². The number of anilines is 1. The van der Waals surface area contributed by atoms with Gasteiger partial charge in [-0.1, -0.05) is 59.6 Å². The Morgan fingerprint density at radius 2 is 1.67 bits per heavy atom. The quantitative estimate of drug-likeness (QED) is 0.231. The zero-order chi connectivity index (χ0) is 24.0. The number of alkyl halides is 3. The third-order valence-corrected chi connectivity index (χ3v) is 5.00. The lowest BCUT2D eigenvalue weighted by molar-refractivity contribution is -0.137. The number of carbonyl (C=O) groups is 2. The van der Waals surface area contributed by atoms with Crippen molar-refractivity contribution >= 4 is 47.0 Å². The van der Waals surface area contributed by atoms with E-state index in [0.29, 0.717) is 5.56 Å². The van der Waals surface area contributed by atoms with E-state index in [4.69, 9.17) is 27.9 Å². The standard InChI is InChI=1S/C23H15Cl2F3N2O3/c24-19-10-9-16(11-20(19)25)22(32)33-14-21(31)30(29-13-15-5-2-1-3-6-15)18-8-4-7-17(12-18)23(26,27)28/h1-13H,14H2. The van der Waals surface area contributed by atoms with Crippen molar-refractivity contribution in [3.8, 4) is 0 Å². The Bertz CT molecular complexity index is 1190. The number of nitrogens with zero attached hydrogens (tertiary/aromatic N) is 2. The van der Waals surface area contributed by atoms with Crippen molar-refractivity contribution in [2.24, 2.45) is 5.10 Å². The molecule has 0 aliphatic rings. The lowest BCUT2D eigenvalue weighted by atomic mass is 10.2. The van der Waals surface area contributed by atoms with Crippen molar-refractivity contribution in [1.82, 2.24) is 0 Å². The van der Waals surface area contributed by atoms with E-state index in [1.807, 2.05) is 0 Å². The Morgan fingerprint density at radius 3 is 2.33 bits per heavy atom. The monoisotopic (exact) mass is 494 g/mol. The smallest absolute Gasteiger partial charge is 0.416 e. The molecule has 0 unspecified atom stereocenters. The van der Waals surface area contributed by atoms with Gasteiger partial charge >= 0.3 is 12.1 Å². The van der Waals surface area contributed by atoms with Crippen LogP contribution in [0.15, 0.2) is 77.9 Å². The zero-order valence-corrected chi connectivity index (χ0v) is 18.2. The second-order valence-corrected chi connectivity index (χ2v) is 7.43. The van der Waals surface area contributed by atoms with Gasteiger partial charge in [-0.15, -0.1) is 0 Å². The van der Waals surface area contributed by atoms with Crippen LogP contribution in [-0.2, 0) is 15.7 Å². The molecular formula is C23H15Cl2F3N2O3. The van der Waals surface area contributed by atoms with Crippen molar-refractivity contribution < 1.29 is 27.5 Å². The first-order valence-corrected chi connectivity index (χ1v) is 10.1. The summed E-state index contributed by atoms with van der Waals surface area (Å²) in [5, 5.41) is 5.12. The number of hydrogen-bond donors (Lipinski definition) is 0. The Labute approximate surface area is 197 Å². The van der Waals surface area contributed by atoms with E-state index in [0.717, 1.165) is 23.2 Å². The van der Waals surface area contributed by atoms with Gasteiger partial charge in [-0.2, -0.15) is 23.3 Å². The molecule has 0 spiro atoms. The van der Waals surface area contributed by atoms with E-state index >= 15 is 0 Å². The molecule has 0 atom stereocenters. The normalized spacial score (nSPS) is 11.4. The molecular weight excluding hydrogens is 480 g/mol. The number of carbonyl (C=O) groups excluding carboxylic acids is 2. The molecule has 0 bridgehead atoms. The number of halogens is 5. The molecule has 33 heavy (non-hydrogen) atoms. The lowest BCUT2D eigenvalue weighted by Gasteiger charge is -2.18. The van der Waals surface area contributed by atoms with Crippen LogP contribution in [0.25, 0.3) is 0 Å². The SMILES string of the molecule is O=C(OCC(=O)N(N=Cc1ccccc1)c1cccc(C(F)(F)F)c1)c1ccc(Cl)c(Cl)c1. The molecule has 3 aromatic carbocycles. The Kier molecular flexibility index (Phi) is 7.73. The number of hydrogen-bond acceptors (Lipinski definition) is 4. The molecule has 0 N–H and O–H groups in total. The number of hydrazone groups is 1. The number of amides is 1. The van der Waals surface area contributed by atoms with Gasteiger partial charge in [0.25, 0.3) is 5.91 Å². The predicted molar refractivity (Wildman–Crippen MR) is 120 cm³/mol. The van der Waals surface area contributed by atoms with Crippen LogP contribution in [0.3, 0.4) is 0 Å². The van der Waals surface area contributed by atoms with E-state index in [2.05, 4.69) is 5.10 Å². The second kappa shape index (κ2) is 10.5. The molecule has 0 aromatic heterocycles. The van der Waals surface area contributed by atoms with Crippen molar-refractivity contribution in [2.75, 3.05) is 11.6 Å². The van der Waals surface area contributed by atoms with Crippen molar-refractivity contribution in [1.29, 1.82) is 0 Å². The fraction of sp³-hybridized carbons (Fsp3) is 0.0870. The molecule has 3 rings (SSSR count). The molecule has 0 fully saturated rings. The molecule has 0 aliphatic carbocycles. The van der Waals surface area contributed by atoms with Crippen molar-refractivity contribution in [3.63, 3.8) is 0 Å². The highest BCUT2D eigenvalue weighted by atomic mass is 35.5. The van der Waals surface area contributed by atoms with Crippen LogP contribution in [0.5, 0.6) is 0 Å². The third-order valence-electron chi connectivity index (χ3n) is 4.26. The molecule has 5 nitrogen and oxygen atoms in total. The van der Waals surface area contributed by atoms with Crippen LogP contribution in [0.4, 0.5) is 18.9 Å². The number of rotatable bonds is 6. The summed E-state index contributed by atoms with van der Waals surface area (Å²) in [4.78, 5) is 25.0. The van der Waals surface area contributed by atoms with Gasteiger partial charge in [0, 0.05) is 0 Å². The first-order valence-electron chi connectivity index (χ1n) is 9.36. The molecule has 170 valence electrons. The number of esters is 1. The van der Waals surface area contributed by atoms with E-state index in [-0.39, 0.29) is 21.3 Å². The van der Waals surface area contributed by atoms with Crippen LogP contribution in [0.1, 0.15) is 21.5 Å². The minimum absolute atomic E-state index is 0.0515. The maximum Gasteiger partial charge on any atom is 0.416 e. The average molecular weight is 495 g/mol. The molecule has 0 radical (unpaired) electrons. The maximum absolute atomic E-state index is 13.2. The summed E-state index contributed by atoms with van der Waals surface area (Å²) in [6.07, 6.45) is -3.31. The zero-order valence-electron chi connectivity index (χ0n) is 16.7. The van der Waals surface area contributed by atoms with Gasteiger partial charge in [0.1, 0.15) is 0 Å². The van der Waals surface area contributed by atoms with Crippen LogP contribution in [0.2, 0.25) is 10.0 Å². The second-order valence-electron chi connectivity index (χ2n) is 6.61. The van der Waals surface area contributed by atoms with Gasteiger partial charge in [-0.3, -0.25) is 4.79 Å². The fourth-order valence-corrected chi connectivity index (χ4v) is 2.95. The predicted octanol–water partition coefficient (Wildman–Crippen LogP) is 6.24. The molecule has 0 heterocycles. The van der Waals surface area contributed by atoms with Crippen molar-refractivity contribution in [2.45, 2.75) is 6.18 Å². The van der Waals surface area contributed by atoms with Crippen LogP contribution < -0.4 is 5.01 Å². The summed E-state index contributed by atoms with van der Waals surface area (Å²) in [5.41, 5.74) is -0.446. The van der Waals surface area contributed by atoms with E-state index < -0.39 is 30.2 Å². The molecule has 1 amide bonds. The maximum atomic E-state index is 13.2. The highest BCUT2D eigenvalue weighted by Gasteiger charge is 2.31. The summed E-state index contributed by atoms with van der Waals surface area (Å²) >= 11 is 11.7. The van der Waals surface area contributed by atoms with Crippen molar-refractivity contribution in [3.05, 3.63) is 99.5 Å². The first-order chi connectivity index (χ1) is 15.6. The summed E-state index contributed by atoms with van der Waals surface area (Å²) in [6, 6.07) is 16.7. The Hall–Kier alpha value is -3.36. The minimum atomic E-state index is -4.62. The molecule has 10 heteroatoms. The van der Waals surface area contributed by atoms with Crippen LogP contribution in [0, 0.1) is 0 Å². The van der Waals surface area contributed by atoms with E-state index in [1.165, 1.54) is 30.5 Å². The third kappa shape index (κ3) is 6.57. The molecule has 0 saturated carbocycles. The van der Waals surface area contributed by atoms with Gasteiger partial charge < -0.3 is 4.74 Å². The van der Waals surface area contributed by atoms with Crippen LogP contribution >= 0.6 is 23.2 Å². The summed E-state index contributed by atoms with van der Waals surface area (Å²) in [5.74, 6) is -1.73. The lowest BCUT2D eigenvalue weighted by Crippen LogP contribution is -2.31. The van der Waals surface area contributed by atoms with E-state index in [9.17, 15) is 22.8 Å².